The van der Waals surface area contributed by atoms with E-state index in [9.17, 15) is 9.59 Å². The Kier molecular flexibility index (Phi) is 35.6. The molecule has 1 aromatic rings. The largest absolute Gasteiger partial charge is 0.493 e. The number of quaternary nitrogens is 1. The first-order chi connectivity index (χ1) is 41.6. The van der Waals surface area contributed by atoms with Gasteiger partial charge in [-0.3, -0.25) is 9.59 Å². The Morgan fingerprint density at radius 1 is 0.506 bits per heavy atom. The maximum Gasteiger partial charge on any atom is 0.493 e. The van der Waals surface area contributed by atoms with Crippen LogP contribution in [0.2, 0.25) is 0 Å². The van der Waals surface area contributed by atoms with Gasteiger partial charge in [-0.05, 0) is 173 Å². The van der Waals surface area contributed by atoms with Crippen LogP contribution in [-0.2, 0) is 28.4 Å². The fourth-order valence-electron chi connectivity index (χ4n) is 5.28. The third-order valence-corrected chi connectivity index (χ3v) is 9.20. The minimum Gasteiger partial charge on any atom is -0.465 e. The van der Waals surface area contributed by atoms with E-state index < -0.39 is 36.3 Å². The monoisotopic (exact) mass is 1080 g/mol. The number of hydrogen-bond acceptors (Lipinski definition) is 7. The first-order valence-electron chi connectivity index (χ1n) is 24.2. The predicted octanol–water partition coefficient (Wildman–Crippen LogP) is 2.25. The molecule has 85 heavy (non-hydrogen) atoms. The van der Waals surface area contributed by atoms with E-state index in [2.05, 4.69) is 302 Å². The Morgan fingerprint density at radius 3 is 1.18 bits per heavy atom. The molecule has 0 aromatic heterocycles. The number of hydrogen-bond donors (Lipinski definition) is 0. The Hall–Kier alpha value is -14.0. The molecule has 1 aliphatic rings. The van der Waals surface area contributed by atoms with Gasteiger partial charge in [0.2, 0.25) is 0 Å². The molecule has 2 unspecified atom stereocenters. The fourth-order valence-corrected chi connectivity index (χ4v) is 5.28. The van der Waals surface area contributed by atoms with Crippen LogP contribution in [0.4, 0.5) is 0 Å². The molecule has 0 N–H and O–H groups in total. The molecule has 1 aliphatic heterocycles. The Balaban J connectivity index is 1.99. The van der Waals surface area contributed by atoms with E-state index in [1.54, 1.807) is 38.2 Å². The Labute approximate surface area is 502 Å². The van der Waals surface area contributed by atoms with Crippen LogP contribution >= 0.6 is 0 Å². The van der Waals surface area contributed by atoms with Gasteiger partial charge in [0, 0.05) is 149 Å². The number of esters is 2. The third kappa shape index (κ3) is 35.1. The van der Waals surface area contributed by atoms with Crippen LogP contribution in [0.3, 0.4) is 0 Å². The van der Waals surface area contributed by atoms with Crippen LogP contribution in [-0.4, -0.2) is 63.6 Å². The molecule has 0 saturated carbocycles. The van der Waals surface area contributed by atoms with Crippen LogP contribution in [0.5, 0.6) is 5.75 Å². The SMILES string of the molecule is C#CC#CC#CC#CC#CC#CC#CC#CC#COc1ccc(B2OCC(C)(COC(=O)C(C)CC(CC)C(=O)OCC[N+](C)(C#CC#CC#CC#CC#CC#CC#CC#CC#C)C#CC#CC#CC#CC#CC#CC#CC#CC#C)CO2)cc1. The summed E-state index contributed by atoms with van der Waals surface area (Å²) in [5, 5.41) is 0. The molecule has 0 radical (unpaired) electrons. The molecule has 0 bridgehead atoms. The standard InChI is InChI=1S/C76H35BNO7/c1-8-12-15-18-21-24-27-30-33-36-39-42-45-48-51-54-61-78(7,62-55-52-49-46-43-40-37-34-31-28-25-22-19-16-13-9-2)63-65-82-75(80)71(11-4)66-70(5)74(79)83-67-76(6)68-84-77(85-69-76)72-57-59-73(60-58-72)81-64-56-53-50-47-44-41-38-35-32-29-26-23-20-17-14-10-3/h1-3,57-60,70-71H,11,63,65-69H2,4-7H3/q+1. The molecule has 8 nitrogen and oxygen atoms in total. The summed E-state index contributed by atoms with van der Waals surface area (Å²) in [5.41, 5.74) is 0.117. The van der Waals surface area contributed by atoms with Crippen LogP contribution in [0.25, 0.3) is 0 Å². The predicted molar refractivity (Wildman–Crippen MR) is 326 cm³/mol. The normalized spacial score (nSPS) is 9.35. The van der Waals surface area contributed by atoms with Crippen molar-refractivity contribution in [2.45, 2.75) is 33.6 Å². The fraction of sp³-hybridized carbons (Fsp3) is 0.184. The zero-order valence-corrected chi connectivity index (χ0v) is 46.0. The van der Waals surface area contributed by atoms with Gasteiger partial charge in [-0.25, -0.2) is 0 Å². The van der Waals surface area contributed by atoms with Crippen LogP contribution in [0.1, 0.15) is 33.6 Å². The lowest BCUT2D eigenvalue weighted by Gasteiger charge is -2.36. The van der Waals surface area contributed by atoms with E-state index in [4.69, 9.17) is 42.8 Å². The van der Waals surface area contributed by atoms with E-state index in [0.29, 0.717) is 12.2 Å². The van der Waals surface area contributed by atoms with Crippen molar-refractivity contribution in [3.05, 3.63) is 24.3 Å². The number of carbonyl (C=O) groups is 2. The third-order valence-electron chi connectivity index (χ3n) is 9.20. The van der Waals surface area contributed by atoms with Crippen molar-refractivity contribution in [3.8, 4) is 327 Å². The van der Waals surface area contributed by atoms with Crippen LogP contribution < -0.4 is 10.2 Å². The summed E-state index contributed by atoms with van der Waals surface area (Å²) in [6, 6.07) is 12.9. The lowest BCUT2D eigenvalue weighted by molar-refractivity contribution is -0.773. The van der Waals surface area contributed by atoms with Crippen molar-refractivity contribution < 1.29 is 37.6 Å². The topological polar surface area (TPSA) is 80.3 Å². The zero-order chi connectivity index (χ0) is 61.4. The summed E-state index contributed by atoms with van der Waals surface area (Å²) in [4.78, 5) is 26.6. The lowest BCUT2D eigenvalue weighted by Crippen LogP contribution is -2.50. The molecule has 2 atom stereocenters. The van der Waals surface area contributed by atoms with Gasteiger partial charge in [-0.2, -0.15) is 4.48 Å². The number of nitrogens with zero attached hydrogens (tertiary/aromatic N) is 1. The molecular formula is C76H35BNO7+. The van der Waals surface area contributed by atoms with E-state index >= 15 is 0 Å². The Bertz CT molecular complexity index is 4420. The smallest absolute Gasteiger partial charge is 0.465 e. The van der Waals surface area contributed by atoms with E-state index in [1.165, 1.54) is 0 Å². The highest BCUT2D eigenvalue weighted by Gasteiger charge is 2.38. The van der Waals surface area contributed by atoms with Gasteiger partial charge in [0.15, 0.2) is 12.1 Å². The highest BCUT2D eigenvalue weighted by Crippen LogP contribution is 2.25. The van der Waals surface area contributed by atoms with Gasteiger partial charge in [-0.15, -0.1) is 19.3 Å². The van der Waals surface area contributed by atoms with Gasteiger partial charge in [0.1, 0.15) is 31.6 Å². The number of benzene rings is 1. The molecule has 1 fully saturated rings. The summed E-state index contributed by atoms with van der Waals surface area (Å²) in [6.07, 6.45) is 18.1. The van der Waals surface area contributed by atoms with E-state index in [0.717, 1.165) is 5.46 Å². The molecule has 0 amide bonds. The molecule has 1 heterocycles. The van der Waals surface area contributed by atoms with E-state index in [-0.39, 0.29) is 43.9 Å². The summed E-state index contributed by atoms with van der Waals surface area (Å²) < 4.78 is 28.7. The average molecular weight is 1080 g/mol. The first-order valence-corrected chi connectivity index (χ1v) is 24.2. The van der Waals surface area contributed by atoms with Crippen molar-refractivity contribution in [1.82, 2.24) is 0 Å². The summed E-state index contributed by atoms with van der Waals surface area (Å²) >= 11 is 0. The highest BCUT2D eigenvalue weighted by molar-refractivity contribution is 6.61. The van der Waals surface area contributed by atoms with Crippen molar-refractivity contribution in [1.29, 1.82) is 0 Å². The molecule has 0 spiro atoms. The summed E-state index contributed by atoms with van der Waals surface area (Å²) in [5.74, 6) is 118. The lowest BCUT2D eigenvalue weighted by atomic mass is 9.76. The quantitative estimate of drug-likeness (QED) is 0.138. The van der Waals surface area contributed by atoms with Crippen molar-refractivity contribution >= 4 is 24.5 Å². The van der Waals surface area contributed by atoms with Gasteiger partial charge >= 0.3 is 19.1 Å². The molecule has 0 aliphatic carbocycles. The van der Waals surface area contributed by atoms with Gasteiger partial charge in [-0.1, -0.05) is 32.9 Å². The Morgan fingerprint density at radius 2 is 0.835 bits per heavy atom. The zero-order valence-electron chi connectivity index (χ0n) is 46.0. The minimum atomic E-state index is -0.655. The van der Waals surface area contributed by atoms with Gasteiger partial charge < -0.3 is 23.5 Å². The van der Waals surface area contributed by atoms with Crippen molar-refractivity contribution in [2.24, 2.45) is 17.3 Å². The number of ether oxygens (including phenoxy) is 3. The molecular weight excluding hydrogens is 1050 g/mol. The highest BCUT2D eigenvalue weighted by atomic mass is 16.6. The number of terminal acetylenes is 3. The van der Waals surface area contributed by atoms with E-state index in [1.807, 2.05) is 13.8 Å². The first kappa shape index (κ1) is 67.1. The summed E-state index contributed by atoms with van der Waals surface area (Å²) in [7, 11) is 1.03. The molecule has 388 valence electrons. The molecule has 1 saturated heterocycles. The number of carbonyl (C=O) groups excluding carboxylic acids is 2. The maximum atomic E-state index is 13.4. The minimum absolute atomic E-state index is 0.0302. The van der Waals surface area contributed by atoms with Crippen molar-refractivity contribution in [2.75, 3.05) is 40.0 Å². The second kappa shape index (κ2) is 45.1. The van der Waals surface area contributed by atoms with Crippen molar-refractivity contribution in [3.63, 3.8) is 0 Å². The second-order valence-electron chi connectivity index (χ2n) is 15.8. The van der Waals surface area contributed by atoms with Crippen LogP contribution in [0, 0.1) is 339 Å². The average Bonchev–Trinajstić information content (AvgIpc) is 3.71. The molecule has 1 aromatic carbocycles. The molecule has 2 rings (SSSR count). The van der Waals surface area contributed by atoms with Gasteiger partial charge in [0.05, 0.1) is 30.7 Å². The summed E-state index contributed by atoms with van der Waals surface area (Å²) in [6.45, 7) is 5.99. The maximum absolute atomic E-state index is 13.4. The van der Waals surface area contributed by atoms with Crippen LogP contribution in [0.15, 0.2) is 24.3 Å². The number of rotatable bonds is 12. The molecule has 9 heteroatoms. The van der Waals surface area contributed by atoms with Gasteiger partial charge in [0.25, 0.3) is 0 Å². The second-order valence-corrected chi connectivity index (χ2v) is 15.8. The number of likely N-dealkylation sites (N-methyl/N-ethyl adjacent to an activating group) is 1.